The minimum atomic E-state index is -0.879. The second-order valence-corrected chi connectivity index (χ2v) is 5.20. The smallest absolute Gasteiger partial charge is 0.248 e. The van der Waals surface area contributed by atoms with Crippen LogP contribution in [0.25, 0.3) is 0 Å². The van der Waals surface area contributed by atoms with Crippen LogP contribution in [0.1, 0.15) is 18.4 Å². The molecule has 1 rings (SSSR count). The van der Waals surface area contributed by atoms with Gasteiger partial charge in [0.25, 0.3) is 0 Å². The van der Waals surface area contributed by atoms with Gasteiger partial charge in [0.05, 0.1) is 6.20 Å². The van der Waals surface area contributed by atoms with Gasteiger partial charge in [-0.3, -0.25) is 9.48 Å². The Morgan fingerprint density at radius 3 is 3.06 bits per heavy atom. The van der Waals surface area contributed by atoms with Crippen LogP contribution in [0.5, 0.6) is 0 Å². The molecule has 0 aliphatic heterocycles. The van der Waals surface area contributed by atoms with E-state index in [2.05, 4.69) is 10.4 Å². The molecule has 5 nitrogen and oxygen atoms in total. The molecule has 0 fully saturated rings. The van der Waals surface area contributed by atoms with Crippen molar-refractivity contribution in [3.63, 3.8) is 0 Å². The zero-order valence-corrected chi connectivity index (χ0v) is 11.7. The standard InChI is InChI=1S/C12H21N3O2S/c1-15-9-10(8-14-15)4-3-6-13-12(17)11(16)5-7-18-2/h8-9,11,16H,3-7H2,1-2H3,(H,13,17)/t11-/m0/s1. The molecule has 0 radical (unpaired) electrons. The summed E-state index contributed by atoms with van der Waals surface area (Å²) in [7, 11) is 1.88. The molecule has 1 heterocycles. The number of nitrogens with one attached hydrogen (secondary N) is 1. The maximum atomic E-state index is 11.5. The van der Waals surface area contributed by atoms with Gasteiger partial charge in [-0.15, -0.1) is 0 Å². The molecule has 0 spiro atoms. The summed E-state index contributed by atoms with van der Waals surface area (Å²) in [6.45, 7) is 0.587. The molecule has 0 saturated carbocycles. The Bertz CT molecular complexity index is 368. The minimum absolute atomic E-state index is 0.268. The molecule has 1 aromatic heterocycles. The molecular formula is C12H21N3O2S. The topological polar surface area (TPSA) is 67.2 Å². The average molecular weight is 271 g/mol. The first-order valence-corrected chi connectivity index (χ1v) is 7.45. The average Bonchev–Trinajstić information content (AvgIpc) is 2.77. The molecule has 6 heteroatoms. The number of carbonyl (C=O) groups excluding carboxylic acids is 1. The Kier molecular flexibility index (Phi) is 6.82. The monoisotopic (exact) mass is 271 g/mol. The number of hydrogen-bond donors (Lipinski definition) is 2. The summed E-state index contributed by atoms with van der Waals surface area (Å²) in [6.07, 6.45) is 7.12. The first-order valence-electron chi connectivity index (χ1n) is 6.05. The van der Waals surface area contributed by atoms with E-state index in [0.29, 0.717) is 13.0 Å². The number of aryl methyl sites for hydroxylation is 2. The van der Waals surface area contributed by atoms with Crippen molar-refractivity contribution >= 4 is 17.7 Å². The molecule has 0 bridgehead atoms. The number of thioether (sulfide) groups is 1. The van der Waals surface area contributed by atoms with Crippen molar-refractivity contribution in [1.82, 2.24) is 15.1 Å². The van der Waals surface area contributed by atoms with Crippen LogP contribution >= 0.6 is 11.8 Å². The molecular weight excluding hydrogens is 250 g/mol. The summed E-state index contributed by atoms with van der Waals surface area (Å²) in [6, 6.07) is 0. The lowest BCUT2D eigenvalue weighted by molar-refractivity contribution is -0.129. The van der Waals surface area contributed by atoms with E-state index in [1.807, 2.05) is 25.7 Å². The van der Waals surface area contributed by atoms with Gasteiger partial charge in [-0.05, 0) is 36.8 Å². The van der Waals surface area contributed by atoms with Gasteiger partial charge in [-0.2, -0.15) is 16.9 Å². The van der Waals surface area contributed by atoms with Crippen molar-refractivity contribution in [2.75, 3.05) is 18.6 Å². The Balaban J connectivity index is 2.11. The van der Waals surface area contributed by atoms with Gasteiger partial charge in [-0.1, -0.05) is 0 Å². The summed E-state index contributed by atoms with van der Waals surface area (Å²) in [4.78, 5) is 11.5. The number of rotatable bonds is 8. The molecule has 1 amide bonds. The van der Waals surface area contributed by atoms with E-state index in [1.54, 1.807) is 16.4 Å². The third-order valence-electron chi connectivity index (χ3n) is 2.60. The van der Waals surface area contributed by atoms with E-state index < -0.39 is 6.10 Å². The maximum absolute atomic E-state index is 11.5. The van der Waals surface area contributed by atoms with E-state index in [-0.39, 0.29) is 5.91 Å². The van der Waals surface area contributed by atoms with Crippen molar-refractivity contribution < 1.29 is 9.90 Å². The second kappa shape index (κ2) is 8.16. The summed E-state index contributed by atoms with van der Waals surface area (Å²) < 4.78 is 1.76. The third-order valence-corrected chi connectivity index (χ3v) is 3.24. The second-order valence-electron chi connectivity index (χ2n) is 4.21. The quantitative estimate of drug-likeness (QED) is 0.679. The number of aliphatic hydroxyl groups excluding tert-OH is 1. The van der Waals surface area contributed by atoms with Gasteiger partial charge in [0.1, 0.15) is 6.10 Å². The van der Waals surface area contributed by atoms with Crippen LogP contribution in [0.2, 0.25) is 0 Å². The van der Waals surface area contributed by atoms with Gasteiger partial charge < -0.3 is 10.4 Å². The fourth-order valence-corrected chi connectivity index (χ4v) is 2.04. The molecule has 0 aromatic carbocycles. The SMILES string of the molecule is CSCC[C@H](O)C(=O)NCCCc1cnn(C)c1. The van der Waals surface area contributed by atoms with Crippen LogP contribution in [-0.2, 0) is 18.3 Å². The summed E-state index contributed by atoms with van der Waals surface area (Å²) in [5, 5.41) is 16.4. The Hall–Kier alpha value is -1.01. The fourth-order valence-electron chi connectivity index (χ4n) is 1.58. The van der Waals surface area contributed by atoms with Crippen molar-refractivity contribution in [2.45, 2.75) is 25.4 Å². The highest BCUT2D eigenvalue weighted by Gasteiger charge is 2.13. The Labute approximate surface area is 112 Å². The normalized spacial score (nSPS) is 12.4. The number of aromatic nitrogens is 2. The molecule has 1 atom stereocenters. The highest BCUT2D eigenvalue weighted by Crippen LogP contribution is 2.02. The van der Waals surface area contributed by atoms with E-state index in [9.17, 15) is 9.90 Å². The van der Waals surface area contributed by atoms with Crippen molar-refractivity contribution in [3.05, 3.63) is 18.0 Å². The van der Waals surface area contributed by atoms with Crippen LogP contribution in [0, 0.1) is 0 Å². The summed E-state index contributed by atoms with van der Waals surface area (Å²) in [5.41, 5.74) is 1.16. The van der Waals surface area contributed by atoms with Crippen LogP contribution < -0.4 is 5.32 Å². The van der Waals surface area contributed by atoms with Crippen molar-refractivity contribution in [3.8, 4) is 0 Å². The number of nitrogens with zero attached hydrogens (tertiary/aromatic N) is 2. The summed E-state index contributed by atoms with van der Waals surface area (Å²) in [5.74, 6) is 0.528. The minimum Gasteiger partial charge on any atom is -0.383 e. The van der Waals surface area contributed by atoms with Crippen molar-refractivity contribution in [2.24, 2.45) is 7.05 Å². The number of carbonyl (C=O) groups is 1. The van der Waals surface area contributed by atoms with Crippen LogP contribution in [0.4, 0.5) is 0 Å². The lowest BCUT2D eigenvalue weighted by atomic mass is 10.2. The highest BCUT2D eigenvalue weighted by molar-refractivity contribution is 7.98. The molecule has 0 saturated heterocycles. The first-order chi connectivity index (χ1) is 8.63. The lowest BCUT2D eigenvalue weighted by Gasteiger charge is -2.10. The fraction of sp³-hybridized carbons (Fsp3) is 0.667. The van der Waals surface area contributed by atoms with Gasteiger partial charge in [0, 0.05) is 19.8 Å². The lowest BCUT2D eigenvalue weighted by Crippen LogP contribution is -2.35. The Morgan fingerprint density at radius 1 is 1.67 bits per heavy atom. The third kappa shape index (κ3) is 5.55. The van der Waals surface area contributed by atoms with Gasteiger partial charge in [0.15, 0.2) is 0 Å². The molecule has 2 N–H and O–H groups in total. The maximum Gasteiger partial charge on any atom is 0.248 e. The van der Waals surface area contributed by atoms with Crippen LogP contribution in [-0.4, -0.2) is 45.5 Å². The van der Waals surface area contributed by atoms with Crippen LogP contribution in [0.3, 0.4) is 0 Å². The predicted molar refractivity (Wildman–Crippen MR) is 73.5 cm³/mol. The van der Waals surface area contributed by atoms with Crippen molar-refractivity contribution in [1.29, 1.82) is 0 Å². The number of hydrogen-bond acceptors (Lipinski definition) is 4. The zero-order chi connectivity index (χ0) is 13.4. The first kappa shape index (κ1) is 15.0. The van der Waals surface area contributed by atoms with Gasteiger partial charge in [0.2, 0.25) is 5.91 Å². The predicted octanol–water partition coefficient (Wildman–Crippen LogP) is 0.583. The largest absolute Gasteiger partial charge is 0.383 e. The number of amides is 1. The molecule has 0 unspecified atom stereocenters. The molecule has 102 valence electrons. The molecule has 18 heavy (non-hydrogen) atoms. The zero-order valence-electron chi connectivity index (χ0n) is 10.9. The molecule has 0 aliphatic carbocycles. The van der Waals surface area contributed by atoms with Gasteiger partial charge in [-0.25, -0.2) is 0 Å². The highest BCUT2D eigenvalue weighted by atomic mass is 32.2. The number of aliphatic hydroxyl groups is 1. The van der Waals surface area contributed by atoms with E-state index in [1.165, 1.54) is 0 Å². The van der Waals surface area contributed by atoms with E-state index in [0.717, 1.165) is 24.2 Å². The van der Waals surface area contributed by atoms with Crippen LogP contribution in [0.15, 0.2) is 12.4 Å². The summed E-state index contributed by atoms with van der Waals surface area (Å²) >= 11 is 1.63. The van der Waals surface area contributed by atoms with E-state index >= 15 is 0 Å². The molecule has 1 aromatic rings. The Morgan fingerprint density at radius 2 is 2.44 bits per heavy atom. The molecule has 0 aliphatic rings. The van der Waals surface area contributed by atoms with E-state index in [4.69, 9.17) is 0 Å². The van der Waals surface area contributed by atoms with Gasteiger partial charge >= 0.3 is 0 Å².